The van der Waals surface area contributed by atoms with Crippen LogP contribution in [-0.4, -0.2) is 14.2 Å². The van der Waals surface area contributed by atoms with Gasteiger partial charge in [-0.2, -0.15) is 0 Å². The van der Waals surface area contributed by atoms with Crippen LogP contribution in [0.5, 0.6) is 0 Å². The number of sulfone groups is 1. The second-order valence-corrected chi connectivity index (χ2v) is 10.7. The molecule has 0 bridgehead atoms. The van der Waals surface area contributed by atoms with Crippen molar-refractivity contribution < 1.29 is 8.42 Å². The van der Waals surface area contributed by atoms with Gasteiger partial charge in [-0.3, -0.25) is 0 Å². The standard InChI is InChI=1S/C23H36O2S/c1-6-7-8-9-10-11-13-19-16-22-21(17-20(19)18(2)3)23(4,5)14-12-15-26(22,24)25/h16-17H,2,6-15H2,1,3-5H3. The summed E-state index contributed by atoms with van der Waals surface area (Å²) in [6.07, 6.45) is 10.1. The summed E-state index contributed by atoms with van der Waals surface area (Å²) in [4.78, 5) is 0.575. The fraction of sp³-hybridized carbons (Fsp3) is 0.652. The highest BCUT2D eigenvalue weighted by Crippen LogP contribution is 2.40. The molecule has 1 aromatic rings. The minimum atomic E-state index is -3.19. The fourth-order valence-electron chi connectivity index (χ4n) is 4.06. The lowest BCUT2D eigenvalue weighted by atomic mass is 9.79. The van der Waals surface area contributed by atoms with Crippen molar-refractivity contribution in [1.82, 2.24) is 0 Å². The van der Waals surface area contributed by atoms with E-state index in [0.717, 1.165) is 47.9 Å². The molecule has 0 saturated carbocycles. The van der Waals surface area contributed by atoms with Gasteiger partial charge in [0.15, 0.2) is 9.84 Å². The van der Waals surface area contributed by atoms with E-state index >= 15 is 0 Å². The molecule has 1 aliphatic heterocycles. The summed E-state index contributed by atoms with van der Waals surface area (Å²) in [6.45, 7) is 12.8. The summed E-state index contributed by atoms with van der Waals surface area (Å²) >= 11 is 0. The van der Waals surface area contributed by atoms with Gasteiger partial charge in [-0.15, -0.1) is 0 Å². The molecule has 0 saturated heterocycles. The molecule has 2 rings (SSSR count). The van der Waals surface area contributed by atoms with Gasteiger partial charge in [0, 0.05) is 0 Å². The van der Waals surface area contributed by atoms with Crippen LogP contribution in [0.1, 0.15) is 95.8 Å². The molecule has 1 heterocycles. The predicted molar refractivity (Wildman–Crippen MR) is 113 cm³/mol. The first-order chi connectivity index (χ1) is 12.2. The van der Waals surface area contributed by atoms with Gasteiger partial charge in [0.25, 0.3) is 0 Å². The average molecular weight is 377 g/mol. The smallest absolute Gasteiger partial charge is 0.178 e. The predicted octanol–water partition coefficient (Wildman–Crippen LogP) is 6.47. The molecular formula is C23H36O2S. The van der Waals surface area contributed by atoms with E-state index in [-0.39, 0.29) is 11.2 Å². The molecular weight excluding hydrogens is 340 g/mol. The van der Waals surface area contributed by atoms with Gasteiger partial charge in [0.05, 0.1) is 10.6 Å². The second-order valence-electron chi connectivity index (χ2n) is 8.61. The maximum atomic E-state index is 12.8. The Morgan fingerprint density at radius 3 is 2.42 bits per heavy atom. The van der Waals surface area contributed by atoms with E-state index in [1.165, 1.54) is 32.1 Å². The van der Waals surface area contributed by atoms with Gasteiger partial charge >= 0.3 is 0 Å². The largest absolute Gasteiger partial charge is 0.224 e. The summed E-state index contributed by atoms with van der Waals surface area (Å²) in [5.74, 6) is 0.270. The number of fused-ring (bicyclic) bond motifs is 1. The molecule has 1 aliphatic rings. The van der Waals surface area contributed by atoms with E-state index < -0.39 is 9.84 Å². The third-order valence-electron chi connectivity index (χ3n) is 5.74. The van der Waals surface area contributed by atoms with E-state index in [1.54, 1.807) is 0 Å². The number of rotatable bonds is 8. The number of aryl methyl sites for hydroxylation is 1. The molecule has 0 atom stereocenters. The topological polar surface area (TPSA) is 34.1 Å². The maximum Gasteiger partial charge on any atom is 0.178 e. The zero-order valence-corrected chi connectivity index (χ0v) is 18.0. The fourth-order valence-corrected chi connectivity index (χ4v) is 5.79. The highest BCUT2D eigenvalue weighted by atomic mass is 32.2. The number of allylic oxidation sites excluding steroid dienone is 1. The Morgan fingerprint density at radius 2 is 1.77 bits per heavy atom. The summed E-state index contributed by atoms with van der Waals surface area (Å²) in [7, 11) is -3.19. The van der Waals surface area contributed by atoms with Crippen LogP contribution in [0.2, 0.25) is 0 Å². The third kappa shape index (κ3) is 5.00. The lowest BCUT2D eigenvalue weighted by Crippen LogP contribution is -2.18. The van der Waals surface area contributed by atoms with Gasteiger partial charge in [-0.25, -0.2) is 8.42 Å². The molecule has 0 spiro atoms. The van der Waals surface area contributed by atoms with E-state index in [1.807, 2.05) is 13.0 Å². The molecule has 0 aromatic heterocycles. The van der Waals surface area contributed by atoms with Gasteiger partial charge in [-0.1, -0.05) is 65.0 Å². The van der Waals surface area contributed by atoms with Crippen molar-refractivity contribution in [2.75, 3.05) is 5.75 Å². The zero-order valence-electron chi connectivity index (χ0n) is 17.2. The van der Waals surface area contributed by atoms with Gasteiger partial charge in [0.1, 0.15) is 0 Å². The number of unbranched alkanes of at least 4 members (excludes halogenated alkanes) is 5. The maximum absolute atomic E-state index is 12.8. The highest BCUT2D eigenvalue weighted by molar-refractivity contribution is 7.91. The Labute approximate surface area is 161 Å². The van der Waals surface area contributed by atoms with Gasteiger partial charge in [0.2, 0.25) is 0 Å². The van der Waals surface area contributed by atoms with Crippen molar-refractivity contribution in [2.24, 2.45) is 0 Å². The molecule has 0 amide bonds. The van der Waals surface area contributed by atoms with Crippen LogP contribution in [0.4, 0.5) is 0 Å². The minimum Gasteiger partial charge on any atom is -0.224 e. The van der Waals surface area contributed by atoms with Crippen molar-refractivity contribution in [3.8, 4) is 0 Å². The van der Waals surface area contributed by atoms with E-state index in [0.29, 0.717) is 4.90 Å². The van der Waals surface area contributed by atoms with Crippen molar-refractivity contribution in [2.45, 2.75) is 95.8 Å². The lowest BCUT2D eigenvalue weighted by Gasteiger charge is -2.26. The van der Waals surface area contributed by atoms with Crippen LogP contribution in [0.3, 0.4) is 0 Å². The van der Waals surface area contributed by atoms with Crippen LogP contribution in [0.15, 0.2) is 23.6 Å². The first kappa shape index (κ1) is 21.2. The molecule has 0 unspecified atom stereocenters. The van der Waals surface area contributed by atoms with Crippen LogP contribution >= 0.6 is 0 Å². The molecule has 3 heteroatoms. The minimum absolute atomic E-state index is 0.109. The average Bonchev–Trinajstić information content (AvgIpc) is 2.64. The van der Waals surface area contributed by atoms with E-state index in [4.69, 9.17) is 0 Å². The van der Waals surface area contributed by atoms with E-state index in [2.05, 4.69) is 33.4 Å². The van der Waals surface area contributed by atoms with Crippen LogP contribution in [-0.2, 0) is 21.7 Å². The van der Waals surface area contributed by atoms with Crippen LogP contribution in [0, 0.1) is 0 Å². The van der Waals surface area contributed by atoms with E-state index in [9.17, 15) is 8.42 Å². The summed E-state index contributed by atoms with van der Waals surface area (Å²) in [5, 5.41) is 0. The highest BCUT2D eigenvalue weighted by Gasteiger charge is 2.33. The molecule has 0 fully saturated rings. The molecule has 0 radical (unpaired) electrons. The molecule has 1 aromatic carbocycles. The first-order valence-electron chi connectivity index (χ1n) is 10.2. The van der Waals surface area contributed by atoms with Crippen LogP contribution < -0.4 is 0 Å². The third-order valence-corrected chi connectivity index (χ3v) is 7.58. The normalized spacial score (nSPS) is 18.2. The summed E-state index contributed by atoms with van der Waals surface area (Å²) in [6, 6.07) is 4.11. The number of hydrogen-bond acceptors (Lipinski definition) is 2. The zero-order chi connectivity index (χ0) is 19.4. The molecule has 2 nitrogen and oxygen atoms in total. The summed E-state index contributed by atoms with van der Waals surface area (Å²) in [5.41, 5.74) is 4.23. The number of hydrogen-bond donors (Lipinski definition) is 0. The van der Waals surface area contributed by atoms with Gasteiger partial charge < -0.3 is 0 Å². The quantitative estimate of drug-likeness (QED) is 0.487. The molecule has 146 valence electrons. The Kier molecular flexibility index (Phi) is 7.12. The molecule has 26 heavy (non-hydrogen) atoms. The Bertz CT molecular complexity index is 742. The monoisotopic (exact) mass is 376 g/mol. The van der Waals surface area contributed by atoms with Gasteiger partial charge in [-0.05, 0) is 66.8 Å². The Balaban J connectivity index is 2.34. The van der Waals surface area contributed by atoms with Crippen LogP contribution in [0.25, 0.3) is 5.57 Å². The van der Waals surface area contributed by atoms with Crippen molar-refractivity contribution in [3.05, 3.63) is 35.4 Å². The first-order valence-corrected chi connectivity index (χ1v) is 11.9. The molecule has 0 N–H and O–H groups in total. The Morgan fingerprint density at radius 1 is 1.12 bits per heavy atom. The van der Waals surface area contributed by atoms with Crippen molar-refractivity contribution in [1.29, 1.82) is 0 Å². The SMILES string of the molecule is C=C(C)c1cc2c(cc1CCCCCCCC)S(=O)(=O)CCCC2(C)C. The second kappa shape index (κ2) is 8.73. The molecule has 0 aliphatic carbocycles. The number of benzene rings is 1. The van der Waals surface area contributed by atoms with Crippen molar-refractivity contribution in [3.63, 3.8) is 0 Å². The lowest BCUT2D eigenvalue weighted by molar-refractivity contribution is 0.471. The van der Waals surface area contributed by atoms with Crippen molar-refractivity contribution >= 4 is 15.4 Å². The summed E-state index contributed by atoms with van der Waals surface area (Å²) < 4.78 is 25.7. The Hall–Kier alpha value is -1.09.